The second kappa shape index (κ2) is 24.2. The maximum absolute atomic E-state index is 12.0. The lowest BCUT2D eigenvalue weighted by Gasteiger charge is -2.36. The molecule has 2 saturated carbocycles. The second-order valence-corrected chi connectivity index (χ2v) is 20.2. The number of nitriles is 1. The van der Waals surface area contributed by atoms with Crippen molar-refractivity contribution in [3.63, 3.8) is 0 Å². The van der Waals surface area contributed by atoms with Gasteiger partial charge in [0.05, 0.1) is 12.2 Å². The smallest absolute Gasteiger partial charge is 0.333 e. The molecule has 5 aromatic carbocycles. The molecular weight excluding hydrogens is 889 g/mol. The van der Waals surface area contributed by atoms with Crippen molar-refractivity contribution in [3.05, 3.63) is 204 Å². The zero-order chi connectivity index (χ0) is 48.8. The van der Waals surface area contributed by atoms with Gasteiger partial charge in [-0.15, -0.1) is 11.3 Å². The van der Waals surface area contributed by atoms with Crippen molar-refractivity contribution in [2.24, 2.45) is 0 Å². The fourth-order valence-electron chi connectivity index (χ4n) is 10.7. The Balaban J connectivity index is 1.18. The van der Waals surface area contributed by atoms with E-state index in [0.717, 1.165) is 75.6 Å². The summed E-state index contributed by atoms with van der Waals surface area (Å²) in [5, 5.41) is 12.4. The molecule has 0 spiro atoms. The van der Waals surface area contributed by atoms with Gasteiger partial charge in [-0.3, -0.25) is 0 Å². The minimum atomic E-state index is -0.336. The third-order valence-corrected chi connectivity index (χ3v) is 15.5. The number of carbonyl (C=O) groups is 1. The Morgan fingerprint density at radius 3 is 1.86 bits per heavy atom. The van der Waals surface area contributed by atoms with Gasteiger partial charge in [-0.2, -0.15) is 9.84 Å². The number of carbonyl (C=O) groups excluding carboxylic acids is 1. The van der Waals surface area contributed by atoms with Crippen LogP contribution in [0.1, 0.15) is 113 Å². The molecule has 360 valence electrons. The average molecular weight is 956 g/mol. The summed E-state index contributed by atoms with van der Waals surface area (Å²) in [5.41, 5.74) is 12.3. The van der Waals surface area contributed by atoms with Crippen LogP contribution in [0, 0.1) is 11.3 Å². The van der Waals surface area contributed by atoms with Gasteiger partial charge in [0, 0.05) is 88.4 Å². The Hall–Kier alpha value is -7.01. The van der Waals surface area contributed by atoms with Crippen molar-refractivity contribution in [2.45, 2.75) is 109 Å². The molecule has 0 aliphatic heterocycles. The molecule has 1 aromatic heterocycles. The normalized spacial score (nSPS) is 15.0. The molecule has 71 heavy (non-hydrogen) atoms. The predicted octanol–water partition coefficient (Wildman–Crippen LogP) is 16.6. The van der Waals surface area contributed by atoms with E-state index >= 15 is 0 Å². The summed E-state index contributed by atoms with van der Waals surface area (Å²) in [4.78, 5) is 18.0. The van der Waals surface area contributed by atoms with Gasteiger partial charge < -0.3 is 14.5 Å². The topological polar surface area (TPSA) is 59.6 Å². The van der Waals surface area contributed by atoms with E-state index < -0.39 is 0 Å². The summed E-state index contributed by atoms with van der Waals surface area (Å²) >= 11 is 1.72. The summed E-state index contributed by atoms with van der Waals surface area (Å²) in [6.45, 7) is 6.50. The summed E-state index contributed by atoms with van der Waals surface area (Å²) < 4.78 is 7.96. The zero-order valence-electron chi connectivity index (χ0n) is 41.4. The van der Waals surface area contributed by atoms with Gasteiger partial charge in [0.2, 0.25) is 11.4 Å². The molecule has 3 aliphatic carbocycles. The second-order valence-electron chi connectivity index (χ2n) is 19.2. The van der Waals surface area contributed by atoms with Crippen LogP contribution in [-0.4, -0.2) is 41.5 Å². The largest absolute Gasteiger partial charge is 0.462 e. The summed E-state index contributed by atoms with van der Waals surface area (Å²) in [7, 11) is 0. The lowest BCUT2D eigenvalue weighted by Crippen LogP contribution is -2.32. The molecule has 3 aliphatic rings. The quantitative estimate of drug-likeness (QED) is 0.0372. The van der Waals surface area contributed by atoms with E-state index in [2.05, 4.69) is 191 Å². The fraction of sp³-hybridized carbons (Fsp3) is 0.297. The SMILES string of the molecule is C=C(C)C(=O)OCCCCCCN(c1ccccc1)c1sc(C(=C2C=CC(=[N+](c3ccccc3)C3CCCCC3)C=C2)c2ccc(N(c3ccccc3)C3CCCCC3)cc2)c(-c2ccccc2)c1C#N. The summed E-state index contributed by atoms with van der Waals surface area (Å²) in [6, 6.07) is 55.8. The molecular formula is C64H67N4O2S+. The molecule has 2 fully saturated rings. The average Bonchev–Trinajstić information content (AvgIpc) is 3.80. The molecule has 0 bridgehead atoms. The standard InChI is InChI=1S/C64H67N4O2S/c1-48(2)64(69)70-46-24-4-3-23-45-66(52-27-13-6-14-28-52)63-59(47-65)61(49-25-11-5-12-26-49)62(71-63)60(50-37-41-57(42-38-50)67(53-29-15-7-16-30-53)54-31-17-8-18-32-54)51-39-43-58(44-40-51)68(55-33-19-9-20-34-55)56-35-21-10-22-36-56/h5-7,9,11-16,19-20,25-30,33-34,37-44,54,56H,1,3-4,8,10,17-18,21-24,31-32,35-36,45-46H2,2H3/q+1. The van der Waals surface area contributed by atoms with Crippen LogP contribution in [0.2, 0.25) is 0 Å². The predicted molar refractivity (Wildman–Crippen MR) is 297 cm³/mol. The maximum atomic E-state index is 12.0. The highest BCUT2D eigenvalue weighted by molar-refractivity contribution is 7.18. The molecule has 6 aromatic rings. The lowest BCUT2D eigenvalue weighted by molar-refractivity contribution is -0.488. The van der Waals surface area contributed by atoms with Crippen molar-refractivity contribution in [1.29, 1.82) is 5.26 Å². The van der Waals surface area contributed by atoms with E-state index in [1.165, 1.54) is 87.0 Å². The first kappa shape index (κ1) is 49.0. The van der Waals surface area contributed by atoms with Crippen molar-refractivity contribution >= 4 is 56.3 Å². The van der Waals surface area contributed by atoms with E-state index in [4.69, 9.17) is 4.74 Å². The Morgan fingerprint density at radius 1 is 0.676 bits per heavy atom. The Bertz CT molecular complexity index is 2880. The first-order valence-electron chi connectivity index (χ1n) is 26.0. The molecule has 9 rings (SSSR count). The molecule has 0 radical (unpaired) electrons. The lowest BCUT2D eigenvalue weighted by atomic mass is 9.89. The minimum absolute atomic E-state index is 0.336. The van der Waals surface area contributed by atoms with Gasteiger partial charge in [-0.25, -0.2) is 4.79 Å². The molecule has 0 atom stereocenters. The van der Waals surface area contributed by atoms with Crippen LogP contribution in [0.5, 0.6) is 0 Å². The molecule has 0 saturated heterocycles. The van der Waals surface area contributed by atoms with E-state index in [1.807, 2.05) is 6.07 Å². The molecule has 1 heterocycles. The Labute approximate surface area is 426 Å². The van der Waals surface area contributed by atoms with E-state index in [1.54, 1.807) is 18.3 Å². The van der Waals surface area contributed by atoms with Crippen LogP contribution in [-0.2, 0) is 9.53 Å². The van der Waals surface area contributed by atoms with E-state index in [-0.39, 0.29) is 5.97 Å². The van der Waals surface area contributed by atoms with Crippen LogP contribution >= 0.6 is 11.3 Å². The number of benzene rings is 5. The van der Waals surface area contributed by atoms with Crippen molar-refractivity contribution in [3.8, 4) is 17.2 Å². The highest BCUT2D eigenvalue weighted by atomic mass is 32.1. The number of para-hydroxylation sites is 3. The van der Waals surface area contributed by atoms with Crippen LogP contribution in [0.25, 0.3) is 16.7 Å². The molecule has 0 amide bonds. The summed E-state index contributed by atoms with van der Waals surface area (Å²) in [5.74, 6) is -0.336. The first-order valence-corrected chi connectivity index (χ1v) is 26.8. The van der Waals surface area contributed by atoms with Crippen LogP contribution in [0.3, 0.4) is 0 Å². The van der Waals surface area contributed by atoms with Crippen molar-refractivity contribution in [2.75, 3.05) is 23.0 Å². The third-order valence-electron chi connectivity index (χ3n) is 14.3. The maximum Gasteiger partial charge on any atom is 0.333 e. The molecule has 0 unspecified atom stereocenters. The number of rotatable bonds is 18. The third kappa shape index (κ3) is 11.8. The van der Waals surface area contributed by atoms with E-state index in [0.29, 0.717) is 29.8 Å². The van der Waals surface area contributed by atoms with Gasteiger partial charge in [0.25, 0.3) is 0 Å². The van der Waals surface area contributed by atoms with Crippen molar-refractivity contribution < 1.29 is 14.1 Å². The number of unbranched alkanes of at least 4 members (excludes halogenated alkanes) is 3. The van der Waals surface area contributed by atoms with Crippen molar-refractivity contribution in [1.82, 2.24) is 0 Å². The number of anilines is 4. The van der Waals surface area contributed by atoms with Crippen LogP contribution in [0.15, 0.2) is 188 Å². The molecule has 0 N–H and O–H groups in total. The van der Waals surface area contributed by atoms with Gasteiger partial charge in [0.1, 0.15) is 11.1 Å². The Kier molecular flexibility index (Phi) is 16.7. The van der Waals surface area contributed by atoms with Gasteiger partial charge in [0.15, 0.2) is 6.04 Å². The molecule has 7 heteroatoms. The number of thiophene rings is 1. The van der Waals surface area contributed by atoms with Gasteiger partial charge in [-0.1, -0.05) is 136 Å². The fourth-order valence-corrected chi connectivity index (χ4v) is 12.2. The number of hydrogen-bond donors (Lipinski definition) is 0. The number of allylic oxidation sites excluding steroid dienone is 5. The molecule has 6 nitrogen and oxygen atoms in total. The van der Waals surface area contributed by atoms with Gasteiger partial charge in [-0.05, 0) is 117 Å². The van der Waals surface area contributed by atoms with Crippen LogP contribution < -0.4 is 9.80 Å². The first-order chi connectivity index (χ1) is 35.0. The monoisotopic (exact) mass is 955 g/mol. The summed E-state index contributed by atoms with van der Waals surface area (Å²) in [6.07, 6.45) is 25.2. The number of esters is 1. The number of hydrogen-bond acceptors (Lipinski definition) is 6. The number of nitrogens with zero attached hydrogens (tertiary/aromatic N) is 4. The highest BCUT2D eigenvalue weighted by Crippen LogP contribution is 2.50. The van der Waals surface area contributed by atoms with Crippen LogP contribution in [0.4, 0.5) is 27.8 Å². The minimum Gasteiger partial charge on any atom is -0.462 e. The number of ether oxygens (including phenoxy) is 1. The highest BCUT2D eigenvalue weighted by Gasteiger charge is 2.31. The Morgan fingerprint density at radius 2 is 1.24 bits per heavy atom. The zero-order valence-corrected chi connectivity index (χ0v) is 42.2. The van der Waals surface area contributed by atoms with Gasteiger partial charge >= 0.3 is 5.97 Å². The van der Waals surface area contributed by atoms with E-state index in [9.17, 15) is 10.1 Å².